The zero-order valence-corrected chi connectivity index (χ0v) is 11.4. The van der Waals surface area contributed by atoms with Crippen LogP contribution in [0, 0.1) is 5.41 Å². The number of aliphatic hydroxyl groups excluding tert-OH is 3. The minimum absolute atomic E-state index is 0.229. The Morgan fingerprint density at radius 3 is 1.95 bits per heavy atom. The molecule has 0 aromatic rings. The van der Waals surface area contributed by atoms with Crippen LogP contribution < -0.4 is 0 Å². The van der Waals surface area contributed by atoms with E-state index in [-0.39, 0.29) is 12.2 Å². The van der Waals surface area contributed by atoms with Crippen molar-refractivity contribution >= 4 is 5.97 Å². The Balaban J connectivity index is 0.000000532. The van der Waals surface area contributed by atoms with Crippen molar-refractivity contribution in [2.24, 2.45) is 5.41 Å². The molecule has 112 valence electrons. The summed E-state index contributed by atoms with van der Waals surface area (Å²) in [6.07, 6.45) is 2.56. The van der Waals surface area contributed by atoms with Gasteiger partial charge in [-0.3, -0.25) is 0 Å². The quantitative estimate of drug-likeness (QED) is 0.462. The van der Waals surface area contributed by atoms with Crippen LogP contribution in [0.25, 0.3) is 0 Å². The van der Waals surface area contributed by atoms with Crippen molar-refractivity contribution in [3.05, 3.63) is 12.2 Å². The second-order valence-electron chi connectivity index (χ2n) is 4.65. The molecular formula is C13H24O6. The fraction of sp³-hybridized carbons (Fsp3) is 0.769. The molecule has 19 heavy (non-hydrogen) atoms. The Bertz CT molecular complexity index is 252. The van der Waals surface area contributed by atoms with E-state index in [9.17, 15) is 4.79 Å². The number of aliphatic hydroxyl groups is 3. The molecule has 0 spiro atoms. The first-order valence-corrected chi connectivity index (χ1v) is 6.24. The highest BCUT2D eigenvalue weighted by Gasteiger charge is 2.30. The summed E-state index contributed by atoms with van der Waals surface area (Å²) in [5.41, 5.74) is -0.946. The Morgan fingerprint density at radius 2 is 1.68 bits per heavy atom. The highest BCUT2D eigenvalue weighted by atomic mass is 16.5. The molecule has 1 aliphatic rings. The highest BCUT2D eigenvalue weighted by Crippen LogP contribution is 2.15. The maximum absolute atomic E-state index is 11.0. The van der Waals surface area contributed by atoms with E-state index >= 15 is 0 Å². The van der Waals surface area contributed by atoms with Gasteiger partial charge in [0.25, 0.3) is 0 Å². The molecule has 0 bridgehead atoms. The monoisotopic (exact) mass is 276 g/mol. The number of ether oxygens (including phenoxy) is 2. The van der Waals surface area contributed by atoms with E-state index in [1.165, 1.54) is 19.8 Å². The molecule has 0 saturated carbocycles. The topological polar surface area (TPSA) is 96.2 Å². The van der Waals surface area contributed by atoms with E-state index in [2.05, 4.69) is 6.58 Å². The second kappa shape index (κ2) is 9.91. The number of esters is 1. The minimum atomic E-state index is -1.18. The Hall–Kier alpha value is -0.950. The SMILES string of the molecule is C1CCOC1.C=C(C)C(=O)OCC(CO)(CO)CO. The molecule has 1 fully saturated rings. The van der Waals surface area contributed by atoms with Crippen LogP contribution in [0.4, 0.5) is 0 Å². The Labute approximate surface area is 113 Å². The Kier molecular flexibility index (Phi) is 9.42. The van der Waals surface area contributed by atoms with Crippen LogP contribution in [0.15, 0.2) is 12.2 Å². The standard InChI is InChI=1S/C9H16O5.C4H8O/c1-7(2)8(13)14-6-9(3-10,4-11)5-12;1-2-4-5-3-1/h10-12H,1,3-6H2,2H3;1-4H2. The van der Waals surface area contributed by atoms with Crippen molar-refractivity contribution in [2.75, 3.05) is 39.6 Å². The van der Waals surface area contributed by atoms with Gasteiger partial charge in [0.1, 0.15) is 6.61 Å². The summed E-state index contributed by atoms with van der Waals surface area (Å²) in [5.74, 6) is -0.607. The van der Waals surface area contributed by atoms with Crippen LogP contribution >= 0.6 is 0 Å². The molecule has 1 saturated heterocycles. The van der Waals surface area contributed by atoms with Gasteiger partial charge in [-0.2, -0.15) is 0 Å². The lowest BCUT2D eigenvalue weighted by molar-refractivity contribution is -0.146. The third-order valence-corrected chi connectivity index (χ3v) is 2.69. The summed E-state index contributed by atoms with van der Waals surface area (Å²) >= 11 is 0. The molecule has 0 radical (unpaired) electrons. The molecule has 0 atom stereocenters. The van der Waals surface area contributed by atoms with E-state index in [0.29, 0.717) is 0 Å². The molecule has 1 rings (SSSR count). The first kappa shape index (κ1) is 18.0. The predicted octanol–water partition coefficient (Wildman–Crippen LogP) is -0.134. The third kappa shape index (κ3) is 7.27. The van der Waals surface area contributed by atoms with Crippen LogP contribution in [0.3, 0.4) is 0 Å². The molecular weight excluding hydrogens is 252 g/mol. The van der Waals surface area contributed by atoms with Gasteiger partial charge in [-0.1, -0.05) is 6.58 Å². The fourth-order valence-electron chi connectivity index (χ4n) is 1.14. The molecule has 0 aromatic carbocycles. The van der Waals surface area contributed by atoms with Crippen molar-refractivity contribution in [1.82, 2.24) is 0 Å². The normalized spacial score (nSPS) is 14.5. The van der Waals surface area contributed by atoms with Crippen LogP contribution in [0.5, 0.6) is 0 Å². The predicted molar refractivity (Wildman–Crippen MR) is 69.5 cm³/mol. The lowest BCUT2D eigenvalue weighted by atomic mass is 9.93. The van der Waals surface area contributed by atoms with Gasteiger partial charge in [0.05, 0.1) is 25.2 Å². The summed E-state index contributed by atoms with van der Waals surface area (Å²) in [4.78, 5) is 11.0. The lowest BCUT2D eigenvalue weighted by Gasteiger charge is -2.26. The van der Waals surface area contributed by atoms with Crippen molar-refractivity contribution in [3.8, 4) is 0 Å². The third-order valence-electron chi connectivity index (χ3n) is 2.69. The van der Waals surface area contributed by atoms with Crippen LogP contribution in [0.1, 0.15) is 19.8 Å². The van der Waals surface area contributed by atoms with Gasteiger partial charge < -0.3 is 24.8 Å². The van der Waals surface area contributed by atoms with Crippen molar-refractivity contribution in [2.45, 2.75) is 19.8 Å². The van der Waals surface area contributed by atoms with Gasteiger partial charge in [0.15, 0.2) is 0 Å². The summed E-state index contributed by atoms with van der Waals surface area (Å²) < 4.78 is 9.67. The second-order valence-corrected chi connectivity index (χ2v) is 4.65. The highest BCUT2D eigenvalue weighted by molar-refractivity contribution is 5.86. The number of carbonyl (C=O) groups excluding carboxylic acids is 1. The summed E-state index contributed by atoms with van der Waals surface area (Å²) in [7, 11) is 0. The molecule has 0 amide bonds. The van der Waals surface area contributed by atoms with E-state index in [0.717, 1.165) is 13.2 Å². The minimum Gasteiger partial charge on any atom is -0.461 e. The number of rotatable bonds is 6. The maximum Gasteiger partial charge on any atom is 0.333 e. The molecule has 1 heterocycles. The lowest BCUT2D eigenvalue weighted by Crippen LogP contribution is -2.39. The van der Waals surface area contributed by atoms with Crippen molar-refractivity contribution in [1.29, 1.82) is 0 Å². The molecule has 0 unspecified atom stereocenters. The van der Waals surface area contributed by atoms with Crippen LogP contribution in [-0.4, -0.2) is 60.9 Å². The maximum atomic E-state index is 11.0. The molecule has 3 N–H and O–H groups in total. The fourth-order valence-corrected chi connectivity index (χ4v) is 1.14. The number of hydrogen-bond donors (Lipinski definition) is 3. The molecule has 1 aliphatic heterocycles. The Morgan fingerprint density at radius 1 is 1.21 bits per heavy atom. The van der Waals surface area contributed by atoms with E-state index in [1.807, 2.05) is 0 Å². The van der Waals surface area contributed by atoms with Crippen molar-refractivity contribution < 1.29 is 29.6 Å². The summed E-state index contributed by atoms with van der Waals surface area (Å²) in [6, 6.07) is 0. The molecule has 6 nitrogen and oxygen atoms in total. The van der Waals surface area contributed by atoms with Crippen LogP contribution in [0.2, 0.25) is 0 Å². The summed E-state index contributed by atoms with van der Waals surface area (Å²) in [6.45, 7) is 5.26. The molecule has 0 aromatic heterocycles. The van der Waals surface area contributed by atoms with Gasteiger partial charge in [-0.15, -0.1) is 0 Å². The summed E-state index contributed by atoms with van der Waals surface area (Å²) in [5, 5.41) is 26.7. The van der Waals surface area contributed by atoms with Crippen LogP contribution in [-0.2, 0) is 14.3 Å². The average molecular weight is 276 g/mol. The smallest absolute Gasteiger partial charge is 0.333 e. The first-order valence-electron chi connectivity index (χ1n) is 6.24. The number of hydrogen-bond acceptors (Lipinski definition) is 6. The van der Waals surface area contributed by atoms with Gasteiger partial charge in [-0.25, -0.2) is 4.79 Å². The van der Waals surface area contributed by atoms with Gasteiger partial charge >= 0.3 is 5.97 Å². The average Bonchev–Trinajstić information content (AvgIpc) is 2.99. The zero-order chi connectivity index (χ0) is 14.7. The van der Waals surface area contributed by atoms with Crippen molar-refractivity contribution in [3.63, 3.8) is 0 Å². The molecule has 0 aliphatic carbocycles. The van der Waals surface area contributed by atoms with Gasteiger partial charge in [-0.05, 0) is 19.8 Å². The van der Waals surface area contributed by atoms with Gasteiger partial charge in [0, 0.05) is 18.8 Å². The van der Waals surface area contributed by atoms with E-state index in [4.69, 9.17) is 24.8 Å². The van der Waals surface area contributed by atoms with E-state index < -0.39 is 31.2 Å². The number of carbonyl (C=O) groups is 1. The first-order chi connectivity index (χ1) is 9.01. The molecule has 6 heteroatoms. The largest absolute Gasteiger partial charge is 0.461 e. The van der Waals surface area contributed by atoms with E-state index in [1.54, 1.807) is 0 Å². The van der Waals surface area contributed by atoms with Gasteiger partial charge in [0.2, 0.25) is 0 Å². The zero-order valence-electron chi connectivity index (χ0n) is 11.4.